The second-order valence-corrected chi connectivity index (χ2v) is 3.43. The Morgan fingerprint density at radius 1 is 1.50 bits per heavy atom. The largest absolute Gasteiger partial charge is 0.474 e. The normalized spacial score (nSPS) is 17.5. The van der Waals surface area contributed by atoms with Crippen molar-refractivity contribution in [3.63, 3.8) is 0 Å². The van der Waals surface area contributed by atoms with Crippen molar-refractivity contribution in [2.24, 2.45) is 0 Å². The van der Waals surface area contributed by atoms with E-state index in [9.17, 15) is 0 Å². The first-order valence-electron chi connectivity index (χ1n) is 2.70. The highest BCUT2D eigenvalue weighted by atomic mass is 28.2. The molecule has 0 aliphatic carbocycles. The van der Waals surface area contributed by atoms with Gasteiger partial charge in [-0.25, -0.2) is 0 Å². The van der Waals surface area contributed by atoms with Crippen LogP contribution in [0.15, 0.2) is 22.4 Å². The molecule has 0 aromatic carbocycles. The van der Waals surface area contributed by atoms with E-state index >= 15 is 0 Å². The maximum absolute atomic E-state index is 5.18. The zero-order chi connectivity index (χ0) is 5.40. The molecular formula is C6H6OSi. The van der Waals surface area contributed by atoms with E-state index in [4.69, 9.17) is 4.42 Å². The van der Waals surface area contributed by atoms with Gasteiger partial charge in [-0.2, -0.15) is 0 Å². The first-order valence-corrected chi connectivity index (χ1v) is 4.22. The molecule has 2 heterocycles. The molecule has 2 rings (SSSR count). The minimum absolute atomic E-state index is 0.113. The Morgan fingerprint density at radius 3 is 3.38 bits per heavy atom. The topological polar surface area (TPSA) is 13.1 Å². The summed E-state index contributed by atoms with van der Waals surface area (Å²) in [6.07, 6.45) is 3.91. The first-order chi connectivity index (χ1) is 3.97. The molecule has 1 aliphatic rings. The Kier molecular flexibility index (Phi) is 0.703. The fraction of sp³-hybridized carbons (Fsp3) is 0. The highest BCUT2D eigenvalue weighted by molar-refractivity contribution is 6.61. The van der Waals surface area contributed by atoms with Gasteiger partial charge in [0.05, 0.1) is 11.6 Å². The standard InChI is InChI=1S/C6H6OSi/c1-3-7-6-5(1)2-4-8-6/h1-4H,8H2. The molecular weight excluding hydrogens is 116 g/mol. The molecule has 0 radical (unpaired) electrons. The maximum atomic E-state index is 5.18. The summed E-state index contributed by atoms with van der Waals surface area (Å²) < 4.78 is 5.18. The third kappa shape index (κ3) is 0.405. The molecule has 0 saturated heterocycles. The lowest BCUT2D eigenvalue weighted by molar-refractivity contribution is 0.601. The van der Waals surface area contributed by atoms with Crippen LogP contribution >= 0.6 is 0 Å². The summed E-state index contributed by atoms with van der Waals surface area (Å²) in [6, 6.07) is 2.02. The number of fused-ring (bicyclic) bond motifs is 1. The molecule has 0 N–H and O–H groups in total. The Labute approximate surface area is 49.8 Å². The van der Waals surface area contributed by atoms with Crippen LogP contribution in [0, 0.1) is 0 Å². The maximum Gasteiger partial charge on any atom is 0.124 e. The minimum Gasteiger partial charge on any atom is -0.474 e. The van der Waals surface area contributed by atoms with Crippen molar-refractivity contribution in [2.45, 2.75) is 0 Å². The fourth-order valence-electron chi connectivity index (χ4n) is 0.958. The van der Waals surface area contributed by atoms with Gasteiger partial charge in [0.15, 0.2) is 0 Å². The third-order valence-electron chi connectivity index (χ3n) is 1.38. The van der Waals surface area contributed by atoms with Crippen molar-refractivity contribution >= 4 is 21.0 Å². The molecule has 1 aromatic heterocycles. The van der Waals surface area contributed by atoms with Crippen LogP contribution in [0.4, 0.5) is 0 Å². The number of furan rings is 1. The Hall–Kier alpha value is -0.763. The summed E-state index contributed by atoms with van der Waals surface area (Å²) in [7, 11) is -0.113. The molecule has 0 fully saturated rings. The summed E-state index contributed by atoms with van der Waals surface area (Å²) in [5, 5.41) is 1.24. The van der Waals surface area contributed by atoms with Crippen molar-refractivity contribution in [3.05, 3.63) is 23.6 Å². The molecule has 0 unspecified atom stereocenters. The average Bonchev–Trinajstić information content (AvgIpc) is 2.15. The lowest BCUT2D eigenvalue weighted by Gasteiger charge is -1.79. The Bertz CT molecular complexity index is 224. The molecule has 8 heavy (non-hydrogen) atoms. The van der Waals surface area contributed by atoms with Crippen molar-refractivity contribution in [1.82, 2.24) is 0 Å². The Balaban J connectivity index is 2.67. The van der Waals surface area contributed by atoms with E-state index in [1.165, 1.54) is 10.9 Å². The van der Waals surface area contributed by atoms with Gasteiger partial charge in [-0.15, -0.1) is 0 Å². The molecule has 0 atom stereocenters. The lowest BCUT2D eigenvalue weighted by Crippen LogP contribution is -2.05. The van der Waals surface area contributed by atoms with Gasteiger partial charge in [0.25, 0.3) is 0 Å². The number of hydrogen-bond donors (Lipinski definition) is 0. The summed E-state index contributed by atoms with van der Waals surface area (Å²) in [6.45, 7) is 0. The molecule has 2 heteroatoms. The molecule has 0 amide bonds. The highest BCUT2D eigenvalue weighted by Gasteiger charge is 2.05. The van der Waals surface area contributed by atoms with Gasteiger partial charge in [0, 0.05) is 5.56 Å². The van der Waals surface area contributed by atoms with E-state index < -0.39 is 0 Å². The van der Waals surface area contributed by atoms with Gasteiger partial charge in [0.1, 0.15) is 9.52 Å². The highest BCUT2D eigenvalue weighted by Crippen LogP contribution is 2.04. The van der Waals surface area contributed by atoms with E-state index in [1.54, 1.807) is 6.26 Å². The number of rotatable bonds is 0. The van der Waals surface area contributed by atoms with Gasteiger partial charge in [-0.05, 0) is 6.07 Å². The van der Waals surface area contributed by atoms with E-state index in [2.05, 4.69) is 11.8 Å². The van der Waals surface area contributed by atoms with Crippen LogP contribution in [0.5, 0.6) is 0 Å². The molecule has 0 spiro atoms. The van der Waals surface area contributed by atoms with Crippen molar-refractivity contribution in [2.75, 3.05) is 0 Å². The van der Waals surface area contributed by atoms with Gasteiger partial charge in [0.2, 0.25) is 0 Å². The van der Waals surface area contributed by atoms with Crippen LogP contribution in [0.25, 0.3) is 6.08 Å². The van der Waals surface area contributed by atoms with Gasteiger partial charge < -0.3 is 4.42 Å². The predicted molar refractivity (Wildman–Crippen MR) is 35.9 cm³/mol. The van der Waals surface area contributed by atoms with Crippen molar-refractivity contribution in [3.8, 4) is 0 Å². The lowest BCUT2D eigenvalue weighted by atomic mass is 10.3. The molecule has 1 nitrogen and oxygen atoms in total. The first kappa shape index (κ1) is 4.15. The van der Waals surface area contributed by atoms with E-state index in [0.717, 1.165) is 0 Å². The van der Waals surface area contributed by atoms with Crippen LogP contribution in [-0.2, 0) is 0 Å². The molecule has 1 aliphatic heterocycles. The zero-order valence-electron chi connectivity index (χ0n) is 4.42. The molecule has 0 bridgehead atoms. The van der Waals surface area contributed by atoms with Crippen LogP contribution in [-0.4, -0.2) is 9.52 Å². The van der Waals surface area contributed by atoms with Crippen molar-refractivity contribution < 1.29 is 4.42 Å². The summed E-state index contributed by atoms with van der Waals surface area (Å²) >= 11 is 0. The van der Waals surface area contributed by atoms with Crippen LogP contribution in [0.3, 0.4) is 0 Å². The second kappa shape index (κ2) is 1.35. The summed E-state index contributed by atoms with van der Waals surface area (Å²) in [5.74, 6) is 0. The van der Waals surface area contributed by atoms with Crippen molar-refractivity contribution in [1.29, 1.82) is 0 Å². The monoisotopic (exact) mass is 122 g/mol. The molecule has 0 saturated carbocycles. The van der Waals surface area contributed by atoms with E-state index in [0.29, 0.717) is 0 Å². The molecule has 40 valence electrons. The van der Waals surface area contributed by atoms with Crippen LogP contribution in [0.1, 0.15) is 5.56 Å². The van der Waals surface area contributed by atoms with Gasteiger partial charge in [-0.1, -0.05) is 11.8 Å². The second-order valence-electron chi connectivity index (χ2n) is 1.91. The van der Waals surface area contributed by atoms with Crippen LogP contribution in [0.2, 0.25) is 0 Å². The minimum atomic E-state index is -0.113. The van der Waals surface area contributed by atoms with Gasteiger partial charge in [-0.3, -0.25) is 0 Å². The smallest absolute Gasteiger partial charge is 0.124 e. The van der Waals surface area contributed by atoms with Crippen LogP contribution < -0.4 is 5.38 Å². The van der Waals surface area contributed by atoms with E-state index in [-0.39, 0.29) is 9.52 Å². The summed E-state index contributed by atoms with van der Waals surface area (Å²) in [5.41, 5.74) is 3.55. The summed E-state index contributed by atoms with van der Waals surface area (Å²) in [4.78, 5) is 0. The quantitative estimate of drug-likeness (QED) is 0.443. The SMILES string of the molecule is C1=Cc2ccoc2[SiH2]1. The zero-order valence-corrected chi connectivity index (χ0v) is 5.84. The Morgan fingerprint density at radius 2 is 2.50 bits per heavy atom. The third-order valence-corrected chi connectivity index (χ3v) is 2.80. The average molecular weight is 122 g/mol. The predicted octanol–water partition coefficient (Wildman–Crippen LogP) is 0.0580. The van der Waals surface area contributed by atoms with E-state index in [1.807, 2.05) is 6.07 Å². The fourth-order valence-corrected chi connectivity index (χ4v) is 2.21. The number of hydrogen-bond acceptors (Lipinski definition) is 1. The van der Waals surface area contributed by atoms with Gasteiger partial charge >= 0.3 is 0 Å². The molecule has 1 aromatic rings.